The van der Waals surface area contributed by atoms with Gasteiger partial charge in [-0.05, 0) is 77.1 Å². The van der Waals surface area contributed by atoms with E-state index < -0.39 is 0 Å². The molecule has 6 heteroatoms. The molecule has 0 amide bonds. The topological polar surface area (TPSA) is 76.1 Å². The summed E-state index contributed by atoms with van der Waals surface area (Å²) in [6.07, 6.45) is 6.12. The molecule has 0 aliphatic carbocycles. The van der Waals surface area contributed by atoms with Gasteiger partial charge in [-0.1, -0.05) is 32.4 Å². The van der Waals surface area contributed by atoms with Gasteiger partial charge in [0.25, 0.3) is 0 Å². The summed E-state index contributed by atoms with van der Waals surface area (Å²) in [5.74, 6) is 0.255. The summed E-state index contributed by atoms with van der Waals surface area (Å²) < 4.78 is 11.0. The van der Waals surface area contributed by atoms with Gasteiger partial charge in [0.2, 0.25) is 0 Å². The number of nitrogens with zero attached hydrogens (tertiary/aromatic N) is 1. The van der Waals surface area contributed by atoms with Crippen LogP contribution in [0.4, 0.5) is 0 Å². The predicted molar refractivity (Wildman–Crippen MR) is 133 cm³/mol. The first-order valence-corrected chi connectivity index (χ1v) is 12.2. The Morgan fingerprint density at radius 2 is 1.64 bits per heavy atom. The van der Waals surface area contributed by atoms with Crippen molar-refractivity contribution in [1.82, 2.24) is 4.90 Å². The molecule has 1 N–H and O–H groups in total. The van der Waals surface area contributed by atoms with Crippen molar-refractivity contribution in [2.45, 2.75) is 80.1 Å². The van der Waals surface area contributed by atoms with Gasteiger partial charge in [-0.3, -0.25) is 14.5 Å². The van der Waals surface area contributed by atoms with E-state index in [0.717, 1.165) is 49.2 Å². The number of carbonyl (C=O) groups is 2. The maximum Gasteiger partial charge on any atom is 0.306 e. The van der Waals surface area contributed by atoms with Crippen LogP contribution in [0.2, 0.25) is 0 Å². The molecule has 0 saturated heterocycles. The van der Waals surface area contributed by atoms with Gasteiger partial charge in [0.1, 0.15) is 18.1 Å². The molecule has 0 heterocycles. The quantitative estimate of drug-likeness (QED) is 0.214. The van der Waals surface area contributed by atoms with Gasteiger partial charge in [-0.25, -0.2) is 0 Å². The molecule has 0 radical (unpaired) electrons. The molecule has 6 nitrogen and oxygen atoms in total. The number of ketones is 1. The van der Waals surface area contributed by atoms with Crippen LogP contribution in [-0.2, 0) is 22.4 Å². The lowest BCUT2D eigenvalue weighted by Gasteiger charge is -2.20. The van der Waals surface area contributed by atoms with Crippen LogP contribution in [0.15, 0.2) is 11.6 Å². The SMILES string of the molecule is CCCN(CCC)CCOC(=O)CC/C(C)=C/Cc1c(O)c(C(C)=O)c(CC)c(C)c1OC. The van der Waals surface area contributed by atoms with Crippen LogP contribution in [0, 0.1) is 6.92 Å². The Labute approximate surface area is 200 Å². The van der Waals surface area contributed by atoms with Crippen molar-refractivity contribution in [2.24, 2.45) is 0 Å². The van der Waals surface area contributed by atoms with Crippen LogP contribution in [0.25, 0.3) is 0 Å². The Bertz CT molecular complexity index is 823. The van der Waals surface area contributed by atoms with E-state index in [0.29, 0.717) is 49.2 Å². The number of methoxy groups -OCH3 is 1. The fraction of sp³-hybridized carbons (Fsp3) is 0.630. The molecule has 0 unspecified atom stereocenters. The van der Waals surface area contributed by atoms with Crippen LogP contribution >= 0.6 is 0 Å². The van der Waals surface area contributed by atoms with Crippen molar-refractivity contribution in [1.29, 1.82) is 0 Å². The van der Waals surface area contributed by atoms with Crippen molar-refractivity contribution in [3.05, 3.63) is 33.9 Å². The lowest BCUT2D eigenvalue weighted by atomic mass is 9.90. The third-order valence-electron chi connectivity index (χ3n) is 5.93. The highest BCUT2D eigenvalue weighted by Crippen LogP contribution is 2.39. The summed E-state index contributed by atoms with van der Waals surface area (Å²) >= 11 is 0. The zero-order valence-corrected chi connectivity index (χ0v) is 21.7. The van der Waals surface area contributed by atoms with E-state index in [4.69, 9.17) is 9.47 Å². The average molecular weight is 462 g/mol. The number of esters is 1. The van der Waals surface area contributed by atoms with Crippen molar-refractivity contribution in [3.8, 4) is 11.5 Å². The molecule has 0 aliphatic heterocycles. The van der Waals surface area contributed by atoms with E-state index in [9.17, 15) is 14.7 Å². The largest absolute Gasteiger partial charge is 0.507 e. The molecule has 33 heavy (non-hydrogen) atoms. The molecule has 186 valence electrons. The van der Waals surface area contributed by atoms with Gasteiger partial charge in [0, 0.05) is 18.5 Å². The highest BCUT2D eigenvalue weighted by molar-refractivity contribution is 5.99. The number of hydrogen-bond acceptors (Lipinski definition) is 6. The molecular formula is C27H43NO5. The fourth-order valence-corrected chi connectivity index (χ4v) is 4.25. The molecule has 0 aliphatic rings. The molecule has 0 spiro atoms. The van der Waals surface area contributed by atoms with Gasteiger partial charge in [-0.15, -0.1) is 0 Å². The maximum atomic E-state index is 12.2. The first-order chi connectivity index (χ1) is 15.7. The monoisotopic (exact) mass is 461 g/mol. The minimum absolute atomic E-state index is 0.00558. The summed E-state index contributed by atoms with van der Waals surface area (Å²) in [6, 6.07) is 0. The van der Waals surface area contributed by atoms with E-state index in [1.165, 1.54) is 6.92 Å². The summed E-state index contributed by atoms with van der Waals surface area (Å²) in [4.78, 5) is 26.7. The lowest BCUT2D eigenvalue weighted by molar-refractivity contribution is -0.144. The highest BCUT2D eigenvalue weighted by atomic mass is 16.5. The minimum atomic E-state index is -0.196. The second-order valence-corrected chi connectivity index (χ2v) is 8.57. The van der Waals surface area contributed by atoms with Gasteiger partial charge in [0.15, 0.2) is 5.78 Å². The number of phenolic OH excluding ortho intramolecular Hbond substituents is 1. The summed E-state index contributed by atoms with van der Waals surface area (Å²) in [6.45, 7) is 14.8. The van der Waals surface area contributed by atoms with Crippen LogP contribution in [0.3, 0.4) is 0 Å². The standard InChI is InChI=1S/C27H43NO5/c1-8-15-28(16-9-2)17-18-33-24(30)14-12-19(4)11-13-23-26(31)25(21(6)29)22(10-3)20(5)27(23)32-7/h11,31H,8-10,12-18H2,1-7H3/b19-11+. The molecular weight excluding hydrogens is 418 g/mol. The molecule has 0 aromatic heterocycles. The lowest BCUT2D eigenvalue weighted by Crippen LogP contribution is -2.29. The minimum Gasteiger partial charge on any atom is -0.507 e. The Morgan fingerprint density at radius 1 is 1.00 bits per heavy atom. The van der Waals surface area contributed by atoms with Crippen molar-refractivity contribution < 1.29 is 24.2 Å². The molecule has 0 fully saturated rings. The highest BCUT2D eigenvalue weighted by Gasteiger charge is 2.23. The van der Waals surface area contributed by atoms with Crippen LogP contribution in [0.1, 0.15) is 87.4 Å². The zero-order valence-electron chi connectivity index (χ0n) is 21.7. The molecule has 0 bridgehead atoms. The molecule has 1 aromatic rings. The predicted octanol–water partition coefficient (Wildman–Crippen LogP) is 5.41. The Morgan fingerprint density at radius 3 is 2.15 bits per heavy atom. The number of aromatic hydroxyl groups is 1. The number of allylic oxidation sites excluding steroid dienone is 2. The van der Waals surface area contributed by atoms with Crippen molar-refractivity contribution >= 4 is 11.8 Å². The second-order valence-electron chi connectivity index (χ2n) is 8.57. The van der Waals surface area contributed by atoms with Crippen molar-refractivity contribution in [3.63, 3.8) is 0 Å². The van der Waals surface area contributed by atoms with Crippen LogP contribution in [0.5, 0.6) is 11.5 Å². The molecule has 1 aromatic carbocycles. The number of benzene rings is 1. The first kappa shape index (κ1) is 28.7. The summed E-state index contributed by atoms with van der Waals surface area (Å²) in [5, 5.41) is 10.8. The van der Waals surface area contributed by atoms with Crippen LogP contribution in [-0.4, -0.2) is 55.1 Å². The average Bonchev–Trinajstić information content (AvgIpc) is 2.77. The molecule has 0 saturated carbocycles. The third-order valence-corrected chi connectivity index (χ3v) is 5.93. The van der Waals surface area contributed by atoms with Crippen molar-refractivity contribution in [2.75, 3.05) is 33.4 Å². The van der Waals surface area contributed by atoms with Gasteiger partial charge >= 0.3 is 5.97 Å². The summed E-state index contributed by atoms with van der Waals surface area (Å²) in [7, 11) is 1.58. The van der Waals surface area contributed by atoms with Crippen LogP contribution < -0.4 is 4.74 Å². The number of rotatable bonds is 15. The van der Waals surface area contributed by atoms with Gasteiger partial charge in [-0.2, -0.15) is 0 Å². The first-order valence-electron chi connectivity index (χ1n) is 12.2. The number of Topliss-reactive ketones (excluding diaryl/α,β-unsaturated/α-hetero) is 1. The number of phenols is 1. The Kier molecular flexibility index (Phi) is 12.8. The van der Waals surface area contributed by atoms with E-state index in [1.54, 1.807) is 7.11 Å². The fourth-order valence-electron chi connectivity index (χ4n) is 4.25. The number of ether oxygens (including phenoxy) is 2. The number of hydrogen-bond donors (Lipinski definition) is 1. The third kappa shape index (κ3) is 8.50. The molecule has 1 rings (SSSR count). The smallest absolute Gasteiger partial charge is 0.306 e. The maximum absolute atomic E-state index is 12.2. The Balaban J connectivity index is 2.77. The number of carbonyl (C=O) groups excluding carboxylic acids is 2. The normalized spacial score (nSPS) is 11.7. The van der Waals surface area contributed by atoms with E-state index in [-0.39, 0.29) is 17.5 Å². The summed E-state index contributed by atoms with van der Waals surface area (Å²) in [5.41, 5.74) is 3.70. The molecule has 0 atom stereocenters. The van der Waals surface area contributed by atoms with E-state index in [2.05, 4.69) is 18.7 Å². The Hall–Kier alpha value is -2.34. The van der Waals surface area contributed by atoms with E-state index in [1.807, 2.05) is 26.8 Å². The second kappa shape index (κ2) is 14.7. The van der Waals surface area contributed by atoms with E-state index >= 15 is 0 Å². The van der Waals surface area contributed by atoms with Gasteiger partial charge in [0.05, 0.1) is 12.7 Å². The zero-order chi connectivity index (χ0) is 25.0. The van der Waals surface area contributed by atoms with Gasteiger partial charge < -0.3 is 14.6 Å².